The lowest BCUT2D eigenvalue weighted by Gasteiger charge is -2.28. The molecule has 0 spiro atoms. The van der Waals surface area contributed by atoms with Crippen LogP contribution in [0.1, 0.15) is 20.3 Å². The summed E-state index contributed by atoms with van der Waals surface area (Å²) in [6, 6.07) is 3.55. The number of hydrogen-bond donors (Lipinski definition) is 0. The van der Waals surface area contributed by atoms with Crippen LogP contribution in [-0.4, -0.2) is 35.1 Å². The zero-order chi connectivity index (χ0) is 19.4. The molecule has 9 heteroatoms. The van der Waals surface area contributed by atoms with E-state index in [-0.39, 0.29) is 21.0 Å². The highest BCUT2D eigenvalue weighted by Crippen LogP contribution is 2.34. The van der Waals surface area contributed by atoms with Crippen molar-refractivity contribution in [3.8, 4) is 0 Å². The molecule has 0 N–H and O–H groups in total. The number of sulfonamides is 1. The van der Waals surface area contributed by atoms with Crippen LogP contribution in [0.2, 0.25) is 30.7 Å². The van der Waals surface area contributed by atoms with Gasteiger partial charge in [-0.05, 0) is 54.1 Å². The second-order valence-electron chi connectivity index (χ2n) is 7.15. The van der Waals surface area contributed by atoms with E-state index in [0.29, 0.717) is 13.0 Å². The van der Waals surface area contributed by atoms with Crippen LogP contribution in [0.15, 0.2) is 12.1 Å². The molecule has 0 amide bonds. The van der Waals surface area contributed by atoms with Gasteiger partial charge >= 0.3 is 0 Å². The van der Waals surface area contributed by atoms with E-state index < -0.39 is 29.2 Å². The van der Waals surface area contributed by atoms with Crippen molar-refractivity contribution in [3.05, 3.63) is 26.5 Å². The number of benzene rings is 1. The van der Waals surface area contributed by atoms with Crippen LogP contribution < -0.4 is 4.31 Å². The molecule has 1 aromatic carbocycles. The van der Waals surface area contributed by atoms with Crippen molar-refractivity contribution in [2.24, 2.45) is 0 Å². The molecule has 0 saturated heterocycles. The molecule has 1 aromatic rings. The lowest BCUT2D eigenvalue weighted by Crippen LogP contribution is -2.39. The Morgan fingerprint density at radius 2 is 1.96 bits per heavy atom. The summed E-state index contributed by atoms with van der Waals surface area (Å²) < 4.78 is 46.5. The van der Waals surface area contributed by atoms with Gasteiger partial charge in [0.1, 0.15) is 12.5 Å². The number of nitrogens with zero attached hydrogens (tertiary/aromatic N) is 1. The molecule has 0 aliphatic rings. The summed E-state index contributed by atoms with van der Waals surface area (Å²) in [5.74, 6) is -0.477. The van der Waals surface area contributed by atoms with E-state index in [1.807, 2.05) is 6.92 Å². The third-order valence-corrected chi connectivity index (χ3v) is 9.61. The topological polar surface area (TPSA) is 46.6 Å². The van der Waals surface area contributed by atoms with Crippen molar-refractivity contribution in [3.63, 3.8) is 0 Å². The van der Waals surface area contributed by atoms with E-state index in [4.69, 9.17) is 16.3 Å². The predicted molar refractivity (Wildman–Crippen MR) is 114 cm³/mol. The third kappa shape index (κ3) is 6.33. The Bertz CT molecular complexity index is 697. The average Bonchev–Trinajstić information content (AvgIpc) is 2.51. The van der Waals surface area contributed by atoms with E-state index in [1.165, 1.54) is 12.1 Å². The Hall–Kier alpha value is 0.0969. The van der Waals surface area contributed by atoms with Crippen LogP contribution in [0.4, 0.5) is 10.1 Å². The molecule has 0 heterocycles. The fourth-order valence-electron chi connectivity index (χ4n) is 1.94. The SMILES string of the molecule is CCC(C)S(=O)(=O)N(COCC[Si](C)(C)C)c1ccc(F)c(I)c1Cl. The summed E-state index contributed by atoms with van der Waals surface area (Å²) in [6.45, 7) is 10.5. The van der Waals surface area contributed by atoms with Crippen molar-refractivity contribution >= 4 is 58.0 Å². The maximum absolute atomic E-state index is 13.7. The minimum absolute atomic E-state index is 0.0845. The number of halogens is 3. The smallest absolute Gasteiger partial charge is 0.239 e. The molecular formula is C16H26ClFINO3SSi. The lowest BCUT2D eigenvalue weighted by atomic mass is 10.3. The van der Waals surface area contributed by atoms with E-state index >= 15 is 0 Å². The molecule has 4 nitrogen and oxygen atoms in total. The van der Waals surface area contributed by atoms with E-state index in [2.05, 4.69) is 19.6 Å². The van der Waals surface area contributed by atoms with Gasteiger partial charge in [-0.15, -0.1) is 0 Å². The van der Waals surface area contributed by atoms with Crippen molar-refractivity contribution < 1.29 is 17.5 Å². The zero-order valence-corrected chi connectivity index (χ0v) is 20.0. The van der Waals surface area contributed by atoms with E-state index in [9.17, 15) is 12.8 Å². The Morgan fingerprint density at radius 3 is 2.48 bits per heavy atom. The predicted octanol–water partition coefficient (Wildman–Crippen LogP) is 5.33. The summed E-state index contributed by atoms with van der Waals surface area (Å²) in [6.07, 6.45) is 0.462. The van der Waals surface area contributed by atoms with Gasteiger partial charge < -0.3 is 4.74 Å². The van der Waals surface area contributed by atoms with Gasteiger partial charge in [-0.25, -0.2) is 17.1 Å². The quantitative estimate of drug-likeness (QED) is 0.145. The highest BCUT2D eigenvalue weighted by Gasteiger charge is 2.30. The van der Waals surface area contributed by atoms with Crippen molar-refractivity contribution in [2.75, 3.05) is 17.6 Å². The fraction of sp³-hybridized carbons (Fsp3) is 0.625. The molecule has 0 bridgehead atoms. The first-order chi connectivity index (χ1) is 11.4. The second kappa shape index (κ2) is 9.34. The Morgan fingerprint density at radius 1 is 1.36 bits per heavy atom. The van der Waals surface area contributed by atoms with Gasteiger partial charge in [0, 0.05) is 14.7 Å². The van der Waals surface area contributed by atoms with Crippen LogP contribution in [-0.2, 0) is 14.8 Å². The Labute approximate surface area is 170 Å². The molecule has 1 atom stereocenters. The summed E-state index contributed by atoms with van der Waals surface area (Å²) in [7, 11) is -4.94. The first-order valence-corrected chi connectivity index (χ1v) is 14.8. The molecule has 144 valence electrons. The third-order valence-electron chi connectivity index (χ3n) is 3.88. The van der Waals surface area contributed by atoms with Gasteiger partial charge in [-0.1, -0.05) is 38.2 Å². The van der Waals surface area contributed by atoms with Gasteiger partial charge in [0.25, 0.3) is 0 Å². The number of hydrogen-bond acceptors (Lipinski definition) is 3. The molecule has 25 heavy (non-hydrogen) atoms. The number of rotatable bonds is 9. The molecule has 0 radical (unpaired) electrons. The molecule has 0 aliphatic carbocycles. The van der Waals surface area contributed by atoms with Crippen LogP contribution in [0, 0.1) is 9.39 Å². The molecular weight excluding hydrogens is 496 g/mol. The monoisotopic (exact) mass is 521 g/mol. The van der Waals surface area contributed by atoms with Gasteiger partial charge in [-0.3, -0.25) is 0 Å². The minimum Gasteiger partial charge on any atom is -0.360 e. The highest BCUT2D eigenvalue weighted by atomic mass is 127. The van der Waals surface area contributed by atoms with E-state index in [0.717, 1.165) is 10.3 Å². The zero-order valence-electron chi connectivity index (χ0n) is 15.3. The molecule has 0 aliphatic heterocycles. The highest BCUT2D eigenvalue weighted by molar-refractivity contribution is 14.1. The van der Waals surface area contributed by atoms with Gasteiger partial charge in [0.15, 0.2) is 0 Å². The van der Waals surface area contributed by atoms with Crippen LogP contribution in [0.3, 0.4) is 0 Å². The Kier molecular flexibility index (Phi) is 8.64. The standard InChI is InChI=1S/C16H26ClFINO3SSi/c1-6-12(2)24(21,22)20(11-23-9-10-25(3,4)5)14-8-7-13(18)16(19)15(14)17/h7-8,12H,6,9-11H2,1-5H3. The first kappa shape index (κ1) is 23.1. The lowest BCUT2D eigenvalue weighted by molar-refractivity contribution is 0.156. The molecule has 1 unspecified atom stereocenters. The van der Waals surface area contributed by atoms with Crippen molar-refractivity contribution in [1.29, 1.82) is 0 Å². The maximum Gasteiger partial charge on any atom is 0.239 e. The van der Waals surface area contributed by atoms with Crippen molar-refractivity contribution in [2.45, 2.75) is 51.2 Å². The summed E-state index contributed by atoms with van der Waals surface area (Å²) >= 11 is 8.00. The Balaban J connectivity index is 3.15. The number of ether oxygens (including phenoxy) is 1. The van der Waals surface area contributed by atoms with Crippen LogP contribution >= 0.6 is 34.2 Å². The average molecular weight is 522 g/mol. The van der Waals surface area contributed by atoms with Crippen molar-refractivity contribution in [1.82, 2.24) is 0 Å². The normalized spacial score (nSPS) is 13.8. The van der Waals surface area contributed by atoms with Crippen LogP contribution in [0.25, 0.3) is 0 Å². The summed E-state index contributed by atoms with van der Waals surface area (Å²) in [4.78, 5) is 0. The summed E-state index contributed by atoms with van der Waals surface area (Å²) in [5.41, 5.74) is 0.251. The first-order valence-electron chi connectivity index (χ1n) is 8.14. The maximum atomic E-state index is 13.7. The minimum atomic E-state index is -3.66. The molecule has 0 fully saturated rings. The molecule has 0 saturated carbocycles. The summed E-state index contributed by atoms with van der Waals surface area (Å²) in [5, 5.41) is -0.506. The second-order valence-corrected chi connectivity index (χ2v) is 16.5. The molecule has 1 rings (SSSR count). The van der Waals surface area contributed by atoms with E-state index in [1.54, 1.807) is 29.5 Å². The van der Waals surface area contributed by atoms with Gasteiger partial charge in [0.05, 0.1) is 19.5 Å². The number of anilines is 1. The van der Waals surface area contributed by atoms with Gasteiger partial charge in [-0.2, -0.15) is 0 Å². The van der Waals surface area contributed by atoms with Gasteiger partial charge in [0.2, 0.25) is 10.0 Å². The molecule has 0 aromatic heterocycles. The van der Waals surface area contributed by atoms with Crippen LogP contribution in [0.5, 0.6) is 0 Å². The largest absolute Gasteiger partial charge is 0.360 e. The fourth-order valence-corrected chi connectivity index (χ4v) is 4.96.